The maximum absolute atomic E-state index is 11.6. The molecular weight excluding hydrogens is 306 g/mol. The van der Waals surface area contributed by atoms with Crippen LogP contribution in [-0.4, -0.2) is 28.7 Å². The standard InChI is InChI=1S/C18H21N3O3/c1-12(2)16-11-24-17-9-13(18(22)20-23)3-4-14(17)10-21(16)15-5-7-19-8-6-15/h3-9,12,16,23H,10-11H2,1-2H3,(H,20,22). The zero-order chi connectivity index (χ0) is 17.1. The summed E-state index contributed by atoms with van der Waals surface area (Å²) in [6.45, 7) is 5.55. The van der Waals surface area contributed by atoms with Gasteiger partial charge in [-0.05, 0) is 30.2 Å². The first-order valence-corrected chi connectivity index (χ1v) is 7.97. The van der Waals surface area contributed by atoms with Crippen molar-refractivity contribution in [2.75, 3.05) is 11.5 Å². The molecule has 0 bridgehead atoms. The lowest BCUT2D eigenvalue weighted by atomic mass is 10.0. The summed E-state index contributed by atoms with van der Waals surface area (Å²) in [6, 6.07) is 9.43. The molecule has 6 nitrogen and oxygen atoms in total. The molecule has 2 aromatic rings. The molecule has 1 aliphatic rings. The summed E-state index contributed by atoms with van der Waals surface area (Å²) in [6.07, 6.45) is 3.57. The lowest BCUT2D eigenvalue weighted by Crippen LogP contribution is -2.41. The van der Waals surface area contributed by atoms with E-state index < -0.39 is 5.91 Å². The average molecular weight is 327 g/mol. The molecule has 126 valence electrons. The third-order valence-corrected chi connectivity index (χ3v) is 4.35. The minimum absolute atomic E-state index is 0.204. The number of aromatic nitrogens is 1. The van der Waals surface area contributed by atoms with E-state index in [2.05, 4.69) is 23.7 Å². The Morgan fingerprint density at radius 3 is 2.75 bits per heavy atom. The number of carbonyl (C=O) groups excluding carboxylic acids is 1. The van der Waals surface area contributed by atoms with Crippen molar-refractivity contribution in [2.45, 2.75) is 26.4 Å². The van der Waals surface area contributed by atoms with Gasteiger partial charge in [-0.3, -0.25) is 15.0 Å². The molecule has 3 rings (SSSR count). The molecule has 2 N–H and O–H groups in total. The van der Waals surface area contributed by atoms with Gasteiger partial charge in [0.05, 0.1) is 6.04 Å². The molecule has 6 heteroatoms. The van der Waals surface area contributed by atoms with Crippen LogP contribution in [0.5, 0.6) is 5.75 Å². The molecule has 2 heterocycles. The maximum Gasteiger partial charge on any atom is 0.274 e. The highest BCUT2D eigenvalue weighted by atomic mass is 16.5. The fraction of sp³-hybridized carbons (Fsp3) is 0.333. The van der Waals surface area contributed by atoms with Gasteiger partial charge in [-0.15, -0.1) is 0 Å². The minimum Gasteiger partial charge on any atom is -0.491 e. The lowest BCUT2D eigenvalue weighted by Gasteiger charge is -2.33. The van der Waals surface area contributed by atoms with E-state index in [1.165, 1.54) is 0 Å². The predicted octanol–water partition coefficient (Wildman–Crippen LogP) is 2.62. The largest absolute Gasteiger partial charge is 0.491 e. The van der Waals surface area contributed by atoms with Crippen LogP contribution in [0.15, 0.2) is 42.7 Å². The van der Waals surface area contributed by atoms with Gasteiger partial charge < -0.3 is 9.64 Å². The van der Waals surface area contributed by atoms with Crippen molar-refractivity contribution >= 4 is 11.6 Å². The number of hydrogen-bond donors (Lipinski definition) is 2. The Bertz CT molecular complexity index is 719. The van der Waals surface area contributed by atoms with Crippen molar-refractivity contribution in [3.8, 4) is 5.75 Å². The topological polar surface area (TPSA) is 74.7 Å². The van der Waals surface area contributed by atoms with E-state index in [4.69, 9.17) is 9.94 Å². The van der Waals surface area contributed by atoms with E-state index in [0.717, 1.165) is 11.3 Å². The summed E-state index contributed by atoms with van der Waals surface area (Å²) in [7, 11) is 0. The summed E-state index contributed by atoms with van der Waals surface area (Å²) in [5, 5.41) is 8.80. The predicted molar refractivity (Wildman–Crippen MR) is 90.2 cm³/mol. The van der Waals surface area contributed by atoms with Crippen LogP contribution in [0.2, 0.25) is 0 Å². The Labute approximate surface area is 141 Å². The number of rotatable bonds is 3. The zero-order valence-electron chi connectivity index (χ0n) is 13.8. The molecule has 1 aromatic heterocycles. The Balaban J connectivity index is 1.97. The minimum atomic E-state index is -0.544. The van der Waals surface area contributed by atoms with Crippen LogP contribution >= 0.6 is 0 Å². The van der Waals surface area contributed by atoms with Gasteiger partial charge in [-0.25, -0.2) is 5.48 Å². The van der Waals surface area contributed by atoms with Gasteiger partial charge in [0.1, 0.15) is 12.4 Å². The highest BCUT2D eigenvalue weighted by Gasteiger charge is 2.28. The number of amides is 1. The Morgan fingerprint density at radius 2 is 2.08 bits per heavy atom. The van der Waals surface area contributed by atoms with Crippen LogP contribution in [-0.2, 0) is 6.54 Å². The van der Waals surface area contributed by atoms with Gasteiger partial charge in [0.25, 0.3) is 5.91 Å². The van der Waals surface area contributed by atoms with Gasteiger partial charge in [0, 0.05) is 35.8 Å². The van der Waals surface area contributed by atoms with E-state index >= 15 is 0 Å². The van der Waals surface area contributed by atoms with Gasteiger partial charge >= 0.3 is 0 Å². The molecule has 0 saturated heterocycles. The highest BCUT2D eigenvalue weighted by Crippen LogP contribution is 2.31. The van der Waals surface area contributed by atoms with Crippen LogP contribution in [0.1, 0.15) is 29.8 Å². The molecule has 24 heavy (non-hydrogen) atoms. The molecule has 1 unspecified atom stereocenters. The second-order valence-electron chi connectivity index (χ2n) is 6.22. The van der Waals surface area contributed by atoms with Crippen LogP contribution in [0.4, 0.5) is 5.69 Å². The van der Waals surface area contributed by atoms with Crippen LogP contribution in [0, 0.1) is 5.92 Å². The van der Waals surface area contributed by atoms with E-state index in [-0.39, 0.29) is 6.04 Å². The normalized spacial score (nSPS) is 17.0. The van der Waals surface area contributed by atoms with E-state index in [9.17, 15) is 4.79 Å². The summed E-state index contributed by atoms with van der Waals surface area (Å²) in [4.78, 5) is 18.0. The van der Waals surface area contributed by atoms with E-state index in [0.29, 0.717) is 30.4 Å². The van der Waals surface area contributed by atoms with Crippen LogP contribution in [0.25, 0.3) is 0 Å². The molecule has 0 fully saturated rings. The van der Waals surface area contributed by atoms with Crippen molar-refractivity contribution in [1.29, 1.82) is 0 Å². The summed E-state index contributed by atoms with van der Waals surface area (Å²) < 4.78 is 5.99. The second kappa shape index (κ2) is 6.88. The quantitative estimate of drug-likeness (QED) is 0.669. The van der Waals surface area contributed by atoms with Crippen molar-refractivity contribution in [1.82, 2.24) is 10.5 Å². The van der Waals surface area contributed by atoms with Crippen molar-refractivity contribution in [3.05, 3.63) is 53.9 Å². The second-order valence-corrected chi connectivity index (χ2v) is 6.22. The fourth-order valence-electron chi connectivity index (χ4n) is 2.96. The molecule has 0 saturated carbocycles. The monoisotopic (exact) mass is 327 g/mol. The number of pyridine rings is 1. The smallest absolute Gasteiger partial charge is 0.274 e. The SMILES string of the molecule is CC(C)C1COc2cc(C(=O)NO)ccc2CN1c1ccncc1. The number of anilines is 1. The van der Waals surface area contributed by atoms with Gasteiger partial charge in [-0.1, -0.05) is 19.9 Å². The highest BCUT2D eigenvalue weighted by molar-refractivity contribution is 5.93. The number of fused-ring (bicyclic) bond motifs is 1. The number of ether oxygens (including phenoxy) is 1. The Morgan fingerprint density at radius 1 is 1.33 bits per heavy atom. The number of benzene rings is 1. The van der Waals surface area contributed by atoms with Crippen LogP contribution < -0.4 is 15.1 Å². The molecule has 1 aromatic carbocycles. The van der Waals surface area contributed by atoms with E-state index in [1.54, 1.807) is 30.0 Å². The van der Waals surface area contributed by atoms with Crippen molar-refractivity contribution in [2.24, 2.45) is 5.92 Å². The molecule has 0 spiro atoms. The zero-order valence-corrected chi connectivity index (χ0v) is 13.8. The van der Waals surface area contributed by atoms with Gasteiger partial charge in [0.15, 0.2) is 0 Å². The number of carbonyl (C=O) groups is 1. The number of nitrogens with one attached hydrogen (secondary N) is 1. The first-order chi connectivity index (χ1) is 11.6. The first-order valence-electron chi connectivity index (χ1n) is 7.97. The molecule has 1 aliphatic heterocycles. The summed E-state index contributed by atoms with van der Waals surface area (Å²) in [5.74, 6) is 0.531. The van der Waals surface area contributed by atoms with Crippen LogP contribution in [0.3, 0.4) is 0 Å². The Kier molecular flexibility index (Phi) is 4.66. The molecule has 1 amide bonds. The van der Waals surface area contributed by atoms with Crippen molar-refractivity contribution < 1.29 is 14.7 Å². The number of hydrogen-bond acceptors (Lipinski definition) is 5. The molecule has 0 aliphatic carbocycles. The Hall–Kier alpha value is -2.60. The first kappa shape index (κ1) is 16.3. The summed E-state index contributed by atoms with van der Waals surface area (Å²) in [5.41, 5.74) is 4.12. The fourth-order valence-corrected chi connectivity index (χ4v) is 2.96. The number of hydroxylamine groups is 1. The average Bonchev–Trinajstić information content (AvgIpc) is 2.80. The van der Waals surface area contributed by atoms with Crippen molar-refractivity contribution in [3.63, 3.8) is 0 Å². The van der Waals surface area contributed by atoms with Gasteiger partial charge in [0.2, 0.25) is 0 Å². The molecule has 1 atom stereocenters. The number of nitrogens with zero attached hydrogens (tertiary/aromatic N) is 2. The van der Waals surface area contributed by atoms with Gasteiger partial charge in [-0.2, -0.15) is 0 Å². The maximum atomic E-state index is 11.6. The van der Waals surface area contributed by atoms with E-state index in [1.807, 2.05) is 18.2 Å². The molecule has 0 radical (unpaired) electrons. The molecular formula is C18H21N3O3. The summed E-state index contributed by atoms with van der Waals surface area (Å²) >= 11 is 0. The lowest BCUT2D eigenvalue weighted by molar-refractivity contribution is 0.0706. The third-order valence-electron chi connectivity index (χ3n) is 4.35. The third kappa shape index (κ3) is 3.19.